The quantitative estimate of drug-likeness (QED) is 0.743. The van der Waals surface area contributed by atoms with E-state index in [1.165, 1.54) is 0 Å². The van der Waals surface area contributed by atoms with Gasteiger partial charge in [-0.2, -0.15) is 0 Å². The van der Waals surface area contributed by atoms with Gasteiger partial charge in [-0.05, 0) is 23.7 Å². The van der Waals surface area contributed by atoms with E-state index in [9.17, 15) is 4.79 Å². The van der Waals surface area contributed by atoms with E-state index in [0.29, 0.717) is 24.7 Å². The first-order valence-electron chi connectivity index (χ1n) is 7.93. The fourth-order valence-electron chi connectivity index (χ4n) is 3.14. The highest BCUT2D eigenvalue weighted by Crippen LogP contribution is 2.44. The molecule has 0 aliphatic carbocycles. The molecule has 1 saturated heterocycles. The molecule has 3 nitrogen and oxygen atoms in total. The summed E-state index contributed by atoms with van der Waals surface area (Å²) in [5.74, 6) is 1.22. The second-order valence-electron chi connectivity index (χ2n) is 7.16. The van der Waals surface area contributed by atoms with Crippen LogP contribution in [0.2, 0.25) is 0 Å². The lowest BCUT2D eigenvalue weighted by atomic mass is 9.68. The second kappa shape index (κ2) is 7.04. The molecule has 20 heavy (non-hydrogen) atoms. The van der Waals surface area contributed by atoms with Gasteiger partial charge in [0.1, 0.15) is 5.78 Å². The Morgan fingerprint density at radius 2 is 2.00 bits per heavy atom. The van der Waals surface area contributed by atoms with Crippen LogP contribution >= 0.6 is 0 Å². The Hall–Kier alpha value is -0.410. The zero-order valence-corrected chi connectivity index (χ0v) is 14.2. The number of Topliss-reactive ketones (excluding diaryl/α,β-unsaturated/α-hetero) is 1. The zero-order chi connectivity index (χ0) is 15.5. The molecular weight excluding hydrogens is 252 g/mol. The summed E-state index contributed by atoms with van der Waals surface area (Å²) >= 11 is 0. The average Bonchev–Trinajstić information content (AvgIpc) is 2.36. The second-order valence-corrected chi connectivity index (χ2v) is 7.16. The first-order valence-corrected chi connectivity index (χ1v) is 7.93. The normalized spacial score (nSPS) is 31.3. The van der Waals surface area contributed by atoms with Crippen LogP contribution in [0, 0.1) is 17.3 Å². The lowest BCUT2D eigenvalue weighted by Crippen LogP contribution is -2.51. The molecule has 0 aromatic heterocycles. The molecule has 1 fully saturated rings. The third-order valence-electron chi connectivity index (χ3n) is 5.13. The van der Waals surface area contributed by atoms with Crippen molar-refractivity contribution in [1.29, 1.82) is 0 Å². The Morgan fingerprint density at radius 3 is 2.45 bits per heavy atom. The van der Waals surface area contributed by atoms with Gasteiger partial charge >= 0.3 is 0 Å². The molecule has 0 saturated carbocycles. The van der Waals surface area contributed by atoms with E-state index < -0.39 is 0 Å². The van der Waals surface area contributed by atoms with Crippen LogP contribution in [0.3, 0.4) is 0 Å². The van der Waals surface area contributed by atoms with E-state index in [4.69, 9.17) is 9.47 Å². The molecule has 0 aromatic carbocycles. The van der Waals surface area contributed by atoms with Crippen molar-refractivity contribution in [2.24, 2.45) is 17.3 Å². The summed E-state index contributed by atoms with van der Waals surface area (Å²) in [6.45, 7) is 13.0. The van der Waals surface area contributed by atoms with Crippen LogP contribution < -0.4 is 0 Å². The summed E-state index contributed by atoms with van der Waals surface area (Å²) in [7, 11) is 1.75. The molecule has 3 heteroatoms. The Morgan fingerprint density at radius 1 is 1.40 bits per heavy atom. The number of ether oxygens (including phenoxy) is 2. The topological polar surface area (TPSA) is 35.5 Å². The maximum Gasteiger partial charge on any atom is 0.135 e. The molecule has 0 spiro atoms. The van der Waals surface area contributed by atoms with Gasteiger partial charge in [0.15, 0.2) is 0 Å². The third kappa shape index (κ3) is 3.82. The van der Waals surface area contributed by atoms with Crippen molar-refractivity contribution in [3.8, 4) is 0 Å². The van der Waals surface area contributed by atoms with Gasteiger partial charge in [0, 0.05) is 20.0 Å². The molecule has 1 heterocycles. The Balaban J connectivity index is 2.87. The number of carbonyl (C=O) groups is 1. The summed E-state index contributed by atoms with van der Waals surface area (Å²) in [5.41, 5.74) is 0.0383. The fraction of sp³-hybridized carbons (Fsp3) is 0.941. The van der Waals surface area contributed by atoms with E-state index in [-0.39, 0.29) is 29.5 Å². The molecule has 0 N–H and O–H groups in total. The van der Waals surface area contributed by atoms with Crippen LogP contribution in [-0.2, 0) is 14.3 Å². The smallest absolute Gasteiger partial charge is 0.135 e. The van der Waals surface area contributed by atoms with Crippen molar-refractivity contribution in [3.05, 3.63) is 0 Å². The fourth-order valence-corrected chi connectivity index (χ4v) is 3.14. The number of hydrogen-bond acceptors (Lipinski definition) is 3. The molecule has 1 aliphatic heterocycles. The molecule has 4 atom stereocenters. The minimum absolute atomic E-state index is 0.0000926. The standard InChI is InChI=1S/C17H32O3/c1-8-13(18)10-15-17(5,6)12(4)9-14(20-15)16(19-7)11(2)3/h11-12,14-16H,8-10H2,1-7H3. The predicted octanol–water partition coefficient (Wildman–Crippen LogP) is 3.85. The molecule has 0 amide bonds. The van der Waals surface area contributed by atoms with Crippen LogP contribution in [0.15, 0.2) is 0 Å². The maximum absolute atomic E-state index is 11.8. The number of rotatable bonds is 6. The first-order chi connectivity index (χ1) is 9.23. The van der Waals surface area contributed by atoms with Crippen LogP contribution in [-0.4, -0.2) is 31.2 Å². The Labute approximate surface area is 124 Å². The van der Waals surface area contributed by atoms with Crippen molar-refractivity contribution in [2.75, 3.05) is 7.11 Å². The molecule has 0 radical (unpaired) electrons. The van der Waals surface area contributed by atoms with Gasteiger partial charge in [0.2, 0.25) is 0 Å². The van der Waals surface area contributed by atoms with Crippen LogP contribution in [0.25, 0.3) is 0 Å². The molecule has 1 rings (SSSR count). The number of methoxy groups -OCH3 is 1. The van der Waals surface area contributed by atoms with E-state index in [2.05, 4.69) is 34.6 Å². The van der Waals surface area contributed by atoms with Gasteiger partial charge in [-0.1, -0.05) is 41.5 Å². The van der Waals surface area contributed by atoms with Gasteiger partial charge in [-0.25, -0.2) is 0 Å². The van der Waals surface area contributed by atoms with Crippen molar-refractivity contribution in [3.63, 3.8) is 0 Å². The summed E-state index contributed by atoms with van der Waals surface area (Å²) < 4.78 is 12.0. The highest BCUT2D eigenvalue weighted by molar-refractivity contribution is 5.78. The van der Waals surface area contributed by atoms with Crippen LogP contribution in [0.1, 0.15) is 60.8 Å². The lowest BCUT2D eigenvalue weighted by molar-refractivity contribution is -0.190. The van der Waals surface area contributed by atoms with Gasteiger partial charge < -0.3 is 9.47 Å². The molecule has 4 unspecified atom stereocenters. The van der Waals surface area contributed by atoms with Crippen LogP contribution in [0.4, 0.5) is 0 Å². The third-order valence-corrected chi connectivity index (χ3v) is 5.13. The average molecular weight is 284 g/mol. The molecular formula is C17H32O3. The van der Waals surface area contributed by atoms with Crippen molar-refractivity contribution >= 4 is 5.78 Å². The lowest BCUT2D eigenvalue weighted by Gasteiger charge is -2.48. The molecule has 0 bridgehead atoms. The van der Waals surface area contributed by atoms with Crippen LogP contribution in [0.5, 0.6) is 0 Å². The van der Waals surface area contributed by atoms with Gasteiger partial charge in [-0.15, -0.1) is 0 Å². The number of carbonyl (C=O) groups excluding carboxylic acids is 1. The minimum atomic E-state index is 0.0000926. The number of hydrogen-bond donors (Lipinski definition) is 0. The summed E-state index contributed by atoms with van der Waals surface area (Å²) in [6.07, 6.45) is 2.32. The monoisotopic (exact) mass is 284 g/mol. The SMILES string of the molecule is CCC(=O)CC1OC(C(OC)C(C)C)CC(C)C1(C)C. The van der Waals surface area contributed by atoms with Crippen molar-refractivity contribution in [1.82, 2.24) is 0 Å². The molecule has 0 aromatic rings. The van der Waals surface area contributed by atoms with E-state index in [1.54, 1.807) is 7.11 Å². The largest absolute Gasteiger partial charge is 0.378 e. The highest BCUT2D eigenvalue weighted by Gasteiger charge is 2.45. The van der Waals surface area contributed by atoms with E-state index in [0.717, 1.165) is 6.42 Å². The zero-order valence-electron chi connectivity index (χ0n) is 14.2. The summed E-state index contributed by atoms with van der Waals surface area (Å²) in [5, 5.41) is 0. The predicted molar refractivity (Wildman–Crippen MR) is 81.8 cm³/mol. The van der Waals surface area contributed by atoms with E-state index in [1.807, 2.05) is 6.92 Å². The Kier molecular flexibility index (Phi) is 6.21. The van der Waals surface area contributed by atoms with Crippen molar-refractivity contribution < 1.29 is 14.3 Å². The van der Waals surface area contributed by atoms with E-state index >= 15 is 0 Å². The Bertz CT molecular complexity index is 322. The molecule has 1 aliphatic rings. The van der Waals surface area contributed by atoms with Crippen molar-refractivity contribution in [2.45, 2.75) is 79.1 Å². The maximum atomic E-state index is 11.8. The first kappa shape index (κ1) is 17.6. The number of ketones is 1. The van der Waals surface area contributed by atoms with Gasteiger partial charge in [0.05, 0.1) is 18.3 Å². The minimum Gasteiger partial charge on any atom is -0.378 e. The van der Waals surface area contributed by atoms with Gasteiger partial charge in [0.25, 0.3) is 0 Å². The van der Waals surface area contributed by atoms with Gasteiger partial charge in [-0.3, -0.25) is 4.79 Å². The molecule has 118 valence electrons. The summed E-state index contributed by atoms with van der Waals surface area (Å²) in [4.78, 5) is 11.8. The summed E-state index contributed by atoms with van der Waals surface area (Å²) in [6, 6.07) is 0. The highest BCUT2D eigenvalue weighted by atomic mass is 16.5.